The molecule has 0 radical (unpaired) electrons. The first-order valence-electron chi connectivity index (χ1n) is 8.33. The average Bonchev–Trinajstić information content (AvgIpc) is 3.21. The molecule has 0 atom stereocenters. The number of carbonyl (C=O) groups excluding carboxylic acids is 1. The maximum atomic E-state index is 12.6. The zero-order valence-corrected chi connectivity index (χ0v) is 15.9. The van der Waals surface area contributed by atoms with Gasteiger partial charge in [-0.1, -0.05) is 0 Å². The number of rotatable bonds is 4. The number of halogens is 3. The fourth-order valence-corrected chi connectivity index (χ4v) is 3.35. The van der Waals surface area contributed by atoms with E-state index in [0.717, 1.165) is 29.1 Å². The third-order valence-corrected chi connectivity index (χ3v) is 5.32. The van der Waals surface area contributed by atoms with Crippen molar-refractivity contribution >= 4 is 32.9 Å². The number of ether oxygens (including phenoxy) is 2. The van der Waals surface area contributed by atoms with E-state index >= 15 is 0 Å². The van der Waals surface area contributed by atoms with Gasteiger partial charge in [-0.15, -0.1) is 0 Å². The van der Waals surface area contributed by atoms with E-state index in [4.69, 9.17) is 9.47 Å². The van der Waals surface area contributed by atoms with E-state index in [1.165, 1.54) is 13.2 Å². The van der Waals surface area contributed by atoms with Crippen molar-refractivity contribution in [3.8, 4) is 17.2 Å². The second-order valence-corrected chi connectivity index (χ2v) is 7.77. The lowest BCUT2D eigenvalue weighted by atomic mass is 10.1. The molecule has 0 fully saturated rings. The number of aromatic amines is 1. The normalized spacial score (nSPS) is 15.3. The van der Waals surface area contributed by atoms with E-state index in [1.807, 2.05) is 0 Å². The number of hydrogen-bond donors (Lipinski definition) is 1. The first-order valence-corrected chi connectivity index (χ1v) is 9.74. The summed E-state index contributed by atoms with van der Waals surface area (Å²) in [4.78, 5) is 15.6. The highest BCUT2D eigenvalue weighted by atomic mass is 32.2. The number of fused-ring (bicyclic) bond motifs is 2. The second-order valence-electron chi connectivity index (χ2n) is 6.24. The third kappa shape index (κ3) is 3.36. The fraction of sp³-hybridized carbons (Fsp3) is 0.105. The van der Waals surface area contributed by atoms with Crippen molar-refractivity contribution in [3.63, 3.8) is 0 Å². The van der Waals surface area contributed by atoms with Gasteiger partial charge in [-0.25, -0.2) is 0 Å². The summed E-state index contributed by atoms with van der Waals surface area (Å²) in [6, 6.07) is 8.32. The molecule has 2 aromatic carbocycles. The number of carbonyl (C=O) groups is 1. The SMILES string of the molecule is COc1ccc2[nH]cc(C=C3Oc4cc(OS(=O)(=O)C(F)(F)F)ccc4C3=O)c2c1. The number of benzene rings is 2. The van der Waals surface area contributed by atoms with Crippen LogP contribution in [0.1, 0.15) is 15.9 Å². The van der Waals surface area contributed by atoms with Gasteiger partial charge in [0.05, 0.1) is 12.7 Å². The van der Waals surface area contributed by atoms with Crippen LogP contribution in [0.25, 0.3) is 17.0 Å². The zero-order valence-electron chi connectivity index (χ0n) is 15.1. The maximum absolute atomic E-state index is 12.6. The van der Waals surface area contributed by atoms with Crippen LogP contribution in [0.4, 0.5) is 13.2 Å². The van der Waals surface area contributed by atoms with Gasteiger partial charge in [0.2, 0.25) is 5.78 Å². The minimum absolute atomic E-state index is 0.0652. The van der Waals surface area contributed by atoms with Crippen LogP contribution in [0.5, 0.6) is 17.2 Å². The van der Waals surface area contributed by atoms with Crippen LogP contribution in [0.3, 0.4) is 0 Å². The van der Waals surface area contributed by atoms with Crippen molar-refractivity contribution in [1.29, 1.82) is 0 Å². The Morgan fingerprint density at radius 2 is 1.83 bits per heavy atom. The van der Waals surface area contributed by atoms with Gasteiger partial charge >= 0.3 is 15.6 Å². The van der Waals surface area contributed by atoms with Crippen LogP contribution in [-0.4, -0.2) is 31.8 Å². The van der Waals surface area contributed by atoms with E-state index in [-0.39, 0.29) is 17.1 Å². The predicted molar refractivity (Wildman–Crippen MR) is 99.8 cm³/mol. The molecule has 11 heteroatoms. The van der Waals surface area contributed by atoms with E-state index < -0.39 is 27.2 Å². The molecular formula is C19H12F3NO6S. The highest BCUT2D eigenvalue weighted by Gasteiger charge is 2.48. The topological polar surface area (TPSA) is 94.7 Å². The molecule has 0 saturated heterocycles. The molecule has 0 aliphatic carbocycles. The van der Waals surface area contributed by atoms with Crippen molar-refractivity contribution in [2.24, 2.45) is 0 Å². The van der Waals surface area contributed by atoms with Crippen LogP contribution < -0.4 is 13.7 Å². The van der Waals surface area contributed by atoms with Gasteiger partial charge < -0.3 is 18.6 Å². The van der Waals surface area contributed by atoms with Gasteiger partial charge in [-0.05, 0) is 36.4 Å². The van der Waals surface area contributed by atoms with Gasteiger partial charge in [0.1, 0.15) is 17.2 Å². The first kappa shape index (κ1) is 19.8. The Hall–Kier alpha value is -3.47. The quantitative estimate of drug-likeness (QED) is 0.375. The van der Waals surface area contributed by atoms with Crippen LogP contribution in [0.2, 0.25) is 0 Å². The van der Waals surface area contributed by atoms with Crippen molar-refractivity contribution in [2.45, 2.75) is 5.51 Å². The molecule has 156 valence electrons. The Morgan fingerprint density at radius 3 is 2.53 bits per heavy atom. The maximum Gasteiger partial charge on any atom is 0.534 e. The van der Waals surface area contributed by atoms with E-state index in [0.29, 0.717) is 11.3 Å². The molecule has 3 aromatic rings. The van der Waals surface area contributed by atoms with Crippen molar-refractivity contribution in [3.05, 3.63) is 59.5 Å². The van der Waals surface area contributed by atoms with Crippen LogP contribution in [0.15, 0.2) is 48.4 Å². The molecule has 1 aromatic heterocycles. The molecule has 1 N–H and O–H groups in total. The lowest BCUT2D eigenvalue weighted by Crippen LogP contribution is -2.28. The number of allylic oxidation sites excluding steroid dienone is 1. The summed E-state index contributed by atoms with van der Waals surface area (Å²) in [5.41, 5.74) is -4.10. The van der Waals surface area contributed by atoms with E-state index in [2.05, 4.69) is 9.17 Å². The summed E-state index contributed by atoms with van der Waals surface area (Å²) in [6.45, 7) is 0. The largest absolute Gasteiger partial charge is 0.534 e. The molecular weight excluding hydrogens is 427 g/mol. The van der Waals surface area contributed by atoms with Gasteiger partial charge in [0, 0.05) is 28.7 Å². The van der Waals surface area contributed by atoms with Crippen molar-refractivity contribution in [1.82, 2.24) is 4.98 Å². The molecule has 2 heterocycles. The number of alkyl halides is 3. The van der Waals surface area contributed by atoms with Crippen LogP contribution in [0, 0.1) is 0 Å². The van der Waals surface area contributed by atoms with Crippen molar-refractivity contribution < 1.29 is 40.0 Å². The minimum Gasteiger partial charge on any atom is -0.497 e. The number of H-pyrrole nitrogens is 1. The standard InChI is InChI=1S/C19H12F3NO6S/c1-27-11-3-5-15-14(7-11)10(9-23-15)6-17-18(24)13-4-2-12(8-16(13)28-17)29-30(25,26)19(20,21)22/h2-9,23H,1H3. The molecule has 7 nitrogen and oxygen atoms in total. The molecule has 0 amide bonds. The molecule has 0 unspecified atom stereocenters. The summed E-state index contributed by atoms with van der Waals surface area (Å²) >= 11 is 0. The summed E-state index contributed by atoms with van der Waals surface area (Å²) in [7, 11) is -4.32. The Morgan fingerprint density at radius 1 is 1.10 bits per heavy atom. The molecule has 1 aliphatic rings. The number of methoxy groups -OCH3 is 1. The summed E-state index contributed by atoms with van der Waals surface area (Å²) in [5.74, 6) is -0.719. The lowest BCUT2D eigenvalue weighted by molar-refractivity contribution is -0.0500. The van der Waals surface area contributed by atoms with E-state index in [1.54, 1.807) is 24.4 Å². The van der Waals surface area contributed by atoms with E-state index in [9.17, 15) is 26.4 Å². The van der Waals surface area contributed by atoms with Gasteiger partial charge in [-0.3, -0.25) is 4.79 Å². The Bertz CT molecular complexity index is 1310. The molecule has 30 heavy (non-hydrogen) atoms. The second kappa shape index (κ2) is 6.80. The number of Topliss-reactive ketones (excluding diaryl/α,β-unsaturated/α-hetero) is 1. The number of ketones is 1. The molecule has 0 saturated carbocycles. The number of hydrogen-bond acceptors (Lipinski definition) is 6. The smallest absolute Gasteiger partial charge is 0.497 e. The Labute approximate surface area is 167 Å². The average molecular weight is 439 g/mol. The van der Waals surface area contributed by atoms with Gasteiger partial charge in [0.25, 0.3) is 0 Å². The lowest BCUT2D eigenvalue weighted by Gasteiger charge is -2.09. The Balaban J connectivity index is 1.66. The molecule has 1 aliphatic heterocycles. The highest BCUT2D eigenvalue weighted by Crippen LogP contribution is 2.37. The highest BCUT2D eigenvalue weighted by molar-refractivity contribution is 7.88. The van der Waals surface area contributed by atoms with Crippen LogP contribution >= 0.6 is 0 Å². The van der Waals surface area contributed by atoms with Crippen molar-refractivity contribution in [2.75, 3.05) is 7.11 Å². The third-order valence-electron chi connectivity index (χ3n) is 4.34. The number of aromatic nitrogens is 1. The molecule has 4 rings (SSSR count). The fourth-order valence-electron chi connectivity index (χ4n) is 2.90. The number of nitrogens with one attached hydrogen (secondary N) is 1. The first-order chi connectivity index (χ1) is 14.1. The zero-order chi connectivity index (χ0) is 21.7. The minimum atomic E-state index is -5.84. The predicted octanol–water partition coefficient (Wildman–Crippen LogP) is 4.02. The molecule has 0 spiro atoms. The van der Waals surface area contributed by atoms with Gasteiger partial charge in [0.15, 0.2) is 5.76 Å². The van der Waals surface area contributed by atoms with Crippen LogP contribution in [-0.2, 0) is 10.1 Å². The monoisotopic (exact) mass is 439 g/mol. The summed E-state index contributed by atoms with van der Waals surface area (Å²) in [6.07, 6.45) is 3.12. The van der Waals surface area contributed by atoms with Gasteiger partial charge in [-0.2, -0.15) is 21.6 Å². The summed E-state index contributed by atoms with van der Waals surface area (Å²) < 4.78 is 74.5. The molecule has 0 bridgehead atoms. The Kier molecular flexibility index (Phi) is 4.49. The summed E-state index contributed by atoms with van der Waals surface area (Å²) in [5, 5.41) is 0.759.